The average Bonchev–Trinajstić information content (AvgIpc) is 3.68. The molecule has 0 amide bonds. The molecule has 266 valence electrons. The molecule has 0 aliphatic carbocycles. The molecule has 0 saturated carbocycles. The van der Waals surface area contributed by atoms with Crippen LogP contribution in [-0.4, -0.2) is 15.0 Å². The number of nitrogens with zero attached hydrogens (tertiary/aromatic N) is 3. The Kier molecular flexibility index (Phi) is 7.78. The number of furan rings is 1. The Hall–Kier alpha value is -7.69. The first kappa shape index (κ1) is 32.7. The predicted molar refractivity (Wildman–Crippen MR) is 235 cm³/mol. The van der Waals surface area contributed by atoms with Crippen LogP contribution >= 0.6 is 0 Å². The fraction of sp³-hybridized carbons (Fsp3) is 0. The third kappa shape index (κ3) is 5.92. The second-order valence-electron chi connectivity index (χ2n) is 14.4. The summed E-state index contributed by atoms with van der Waals surface area (Å²) in [6.07, 6.45) is 0. The van der Waals surface area contributed by atoms with Gasteiger partial charge in [0.2, 0.25) is 0 Å². The Morgan fingerprint density at radius 1 is 0.281 bits per heavy atom. The van der Waals surface area contributed by atoms with E-state index in [4.69, 9.17) is 19.4 Å². The quantitative estimate of drug-likeness (QED) is 0.171. The van der Waals surface area contributed by atoms with E-state index < -0.39 is 0 Å². The highest BCUT2D eigenvalue weighted by Gasteiger charge is 2.20. The summed E-state index contributed by atoms with van der Waals surface area (Å²) in [4.78, 5) is 15.8. The van der Waals surface area contributed by atoms with E-state index in [9.17, 15) is 0 Å². The molecule has 0 aliphatic rings. The van der Waals surface area contributed by atoms with E-state index in [1.54, 1.807) is 0 Å². The van der Waals surface area contributed by atoms with Crippen molar-refractivity contribution in [2.24, 2.45) is 0 Å². The first-order valence-electron chi connectivity index (χ1n) is 19.2. The molecule has 0 atom stereocenters. The Balaban J connectivity index is 1.08. The summed E-state index contributed by atoms with van der Waals surface area (Å²) in [5.74, 6) is 1.79. The van der Waals surface area contributed by atoms with Gasteiger partial charge in [0.15, 0.2) is 17.5 Å². The molecule has 0 spiro atoms. The highest BCUT2D eigenvalue weighted by atomic mass is 16.3. The molecule has 11 rings (SSSR count). The van der Waals surface area contributed by atoms with Gasteiger partial charge in [-0.05, 0) is 91.3 Å². The summed E-state index contributed by atoms with van der Waals surface area (Å²) in [7, 11) is 0. The number of rotatable bonds is 6. The zero-order valence-corrected chi connectivity index (χ0v) is 30.8. The third-order valence-electron chi connectivity index (χ3n) is 10.9. The van der Waals surface area contributed by atoms with Crippen molar-refractivity contribution < 1.29 is 4.42 Å². The number of fused-ring (bicyclic) bond motifs is 5. The minimum Gasteiger partial charge on any atom is -0.456 e. The highest BCUT2D eigenvalue weighted by molar-refractivity contribution is 6.12. The van der Waals surface area contributed by atoms with E-state index in [2.05, 4.69) is 164 Å². The molecule has 0 N–H and O–H groups in total. The average molecular weight is 728 g/mol. The van der Waals surface area contributed by atoms with Gasteiger partial charge in [-0.1, -0.05) is 164 Å². The molecule has 0 radical (unpaired) electrons. The van der Waals surface area contributed by atoms with Crippen molar-refractivity contribution in [2.75, 3.05) is 0 Å². The van der Waals surface area contributed by atoms with Gasteiger partial charge in [0.05, 0.1) is 0 Å². The van der Waals surface area contributed by atoms with Crippen LogP contribution in [0.1, 0.15) is 0 Å². The summed E-state index contributed by atoms with van der Waals surface area (Å²) < 4.78 is 6.32. The maximum atomic E-state index is 6.32. The van der Waals surface area contributed by atoms with Crippen LogP contribution in [0.3, 0.4) is 0 Å². The Labute approximate surface area is 329 Å². The molecule has 4 heteroatoms. The van der Waals surface area contributed by atoms with E-state index in [0.717, 1.165) is 71.7 Å². The zero-order valence-electron chi connectivity index (χ0n) is 30.8. The number of hydrogen-bond acceptors (Lipinski definition) is 4. The molecule has 2 aromatic heterocycles. The minimum absolute atomic E-state index is 0.587. The van der Waals surface area contributed by atoms with E-state index in [0.29, 0.717) is 17.5 Å². The second-order valence-corrected chi connectivity index (χ2v) is 14.4. The van der Waals surface area contributed by atoms with Crippen LogP contribution in [-0.2, 0) is 0 Å². The van der Waals surface area contributed by atoms with Crippen LogP contribution in [0, 0.1) is 0 Å². The molecule has 0 saturated heterocycles. The van der Waals surface area contributed by atoms with E-state index in [1.807, 2.05) is 36.4 Å². The lowest BCUT2D eigenvalue weighted by atomic mass is 9.95. The first-order valence-corrected chi connectivity index (χ1v) is 19.2. The molecule has 9 aromatic carbocycles. The molecular formula is C53H33N3O. The number of para-hydroxylation sites is 1. The van der Waals surface area contributed by atoms with Crippen LogP contribution in [0.25, 0.3) is 111 Å². The second kappa shape index (κ2) is 13.6. The molecule has 0 unspecified atom stereocenters. The van der Waals surface area contributed by atoms with Gasteiger partial charge in [0, 0.05) is 27.5 Å². The molecule has 2 heterocycles. The summed E-state index contributed by atoms with van der Waals surface area (Å²) in [5.41, 5.74) is 11.1. The number of benzene rings is 9. The third-order valence-corrected chi connectivity index (χ3v) is 10.9. The van der Waals surface area contributed by atoms with Crippen molar-refractivity contribution in [2.45, 2.75) is 0 Å². The largest absolute Gasteiger partial charge is 0.456 e. The van der Waals surface area contributed by atoms with Gasteiger partial charge >= 0.3 is 0 Å². The molecule has 4 nitrogen and oxygen atoms in total. The highest BCUT2D eigenvalue weighted by Crippen LogP contribution is 2.39. The van der Waals surface area contributed by atoms with Gasteiger partial charge in [-0.3, -0.25) is 0 Å². The Bertz CT molecular complexity index is 3290. The SMILES string of the molecule is c1ccc(-c2cc3ccccc3cc2-c2nc(-c3cccc(-c4ccc(-c5ccc6ccccc6c5)cc4)c3)nc(-c3cccc4oc5ccccc5c34)n2)cc1. The van der Waals surface area contributed by atoms with E-state index >= 15 is 0 Å². The monoisotopic (exact) mass is 727 g/mol. The van der Waals surface area contributed by atoms with Crippen molar-refractivity contribution in [1.29, 1.82) is 0 Å². The smallest absolute Gasteiger partial charge is 0.164 e. The lowest BCUT2D eigenvalue weighted by Gasteiger charge is -2.14. The summed E-state index contributed by atoms with van der Waals surface area (Å²) >= 11 is 0. The van der Waals surface area contributed by atoms with E-state index in [-0.39, 0.29) is 0 Å². The van der Waals surface area contributed by atoms with Crippen molar-refractivity contribution in [3.63, 3.8) is 0 Å². The topological polar surface area (TPSA) is 51.8 Å². The van der Waals surface area contributed by atoms with Gasteiger partial charge < -0.3 is 4.42 Å². The minimum atomic E-state index is 0.587. The summed E-state index contributed by atoms with van der Waals surface area (Å²) in [5, 5.41) is 6.76. The van der Waals surface area contributed by atoms with Crippen LogP contribution in [0.2, 0.25) is 0 Å². The first-order chi connectivity index (χ1) is 28.2. The molecule has 0 fully saturated rings. The summed E-state index contributed by atoms with van der Waals surface area (Å²) in [6.45, 7) is 0. The lowest BCUT2D eigenvalue weighted by Crippen LogP contribution is -2.01. The van der Waals surface area contributed by atoms with Crippen LogP contribution in [0.4, 0.5) is 0 Å². The normalized spacial score (nSPS) is 11.5. The Morgan fingerprint density at radius 2 is 0.807 bits per heavy atom. The van der Waals surface area contributed by atoms with Crippen LogP contribution in [0.5, 0.6) is 0 Å². The lowest BCUT2D eigenvalue weighted by molar-refractivity contribution is 0.669. The van der Waals surface area contributed by atoms with Gasteiger partial charge in [0.1, 0.15) is 11.2 Å². The maximum Gasteiger partial charge on any atom is 0.164 e. The molecular weight excluding hydrogens is 695 g/mol. The maximum absolute atomic E-state index is 6.32. The van der Waals surface area contributed by atoms with Crippen LogP contribution in [0.15, 0.2) is 205 Å². The van der Waals surface area contributed by atoms with Gasteiger partial charge in [-0.15, -0.1) is 0 Å². The van der Waals surface area contributed by atoms with Crippen LogP contribution < -0.4 is 0 Å². The van der Waals surface area contributed by atoms with Crippen molar-refractivity contribution in [3.8, 4) is 67.5 Å². The van der Waals surface area contributed by atoms with Crippen molar-refractivity contribution in [1.82, 2.24) is 15.0 Å². The molecule has 0 bridgehead atoms. The fourth-order valence-electron chi connectivity index (χ4n) is 8.05. The standard InChI is InChI=1S/C53H33N3O/c1-2-13-37(14-3-1)46-32-40-16-6-7-17-41(40)33-47(46)53-55-51(54-52(56-53)45-21-11-23-49-50(45)44-20-8-9-22-48(44)57-49)43-19-10-18-39(31-43)35-24-26-36(27-25-35)42-29-28-34-12-4-5-15-38(34)30-42/h1-33H. The van der Waals surface area contributed by atoms with Gasteiger partial charge in [0.25, 0.3) is 0 Å². The molecule has 11 aromatic rings. The number of hydrogen-bond donors (Lipinski definition) is 0. The molecule has 57 heavy (non-hydrogen) atoms. The van der Waals surface area contributed by atoms with Crippen molar-refractivity contribution >= 4 is 43.5 Å². The zero-order chi connectivity index (χ0) is 37.7. The predicted octanol–water partition coefficient (Wildman–Crippen LogP) is 14.1. The Morgan fingerprint density at radius 3 is 1.58 bits per heavy atom. The molecule has 0 aliphatic heterocycles. The van der Waals surface area contributed by atoms with Crippen molar-refractivity contribution in [3.05, 3.63) is 200 Å². The number of aromatic nitrogens is 3. The summed E-state index contributed by atoms with van der Waals surface area (Å²) in [6, 6.07) is 70.0. The van der Waals surface area contributed by atoms with E-state index in [1.165, 1.54) is 21.9 Å². The van der Waals surface area contributed by atoms with Gasteiger partial charge in [-0.2, -0.15) is 0 Å². The van der Waals surface area contributed by atoms with Gasteiger partial charge in [-0.25, -0.2) is 15.0 Å². The fourth-order valence-corrected chi connectivity index (χ4v) is 8.05.